The molecule has 0 radical (unpaired) electrons. The molecule has 2 heterocycles. The van der Waals surface area contributed by atoms with Gasteiger partial charge in [0.1, 0.15) is 11.9 Å². The first-order valence-electron chi connectivity index (χ1n) is 7.01. The minimum Gasteiger partial charge on any atom is -0.481 e. The Hall–Kier alpha value is -2.89. The number of imidazole rings is 1. The number of anilines is 2. The lowest BCUT2D eigenvalue weighted by molar-refractivity contribution is -0.587. The van der Waals surface area contributed by atoms with Crippen molar-refractivity contribution < 1.29 is 9.67 Å². The molecule has 0 spiro atoms. The maximum atomic E-state index is 10.1. The van der Waals surface area contributed by atoms with Crippen molar-refractivity contribution in [3.05, 3.63) is 53.5 Å². The van der Waals surface area contributed by atoms with Crippen LogP contribution in [0.15, 0.2) is 36.5 Å². The Morgan fingerprint density at radius 2 is 1.68 bits per heavy atom. The van der Waals surface area contributed by atoms with Crippen LogP contribution in [0.3, 0.4) is 0 Å². The van der Waals surface area contributed by atoms with Crippen LogP contribution in [-0.4, -0.2) is 20.1 Å². The van der Waals surface area contributed by atoms with E-state index in [1.165, 1.54) is 6.20 Å². The van der Waals surface area contributed by atoms with Gasteiger partial charge in [-0.15, -0.1) is 0 Å². The van der Waals surface area contributed by atoms with Gasteiger partial charge in [0.2, 0.25) is 0 Å². The van der Waals surface area contributed by atoms with Crippen molar-refractivity contribution in [2.45, 2.75) is 20.8 Å². The summed E-state index contributed by atoms with van der Waals surface area (Å²) in [5.41, 5.74) is 3.77. The smallest absolute Gasteiger partial charge is 0.370 e. The molecule has 0 saturated carbocycles. The van der Waals surface area contributed by atoms with Gasteiger partial charge in [-0.25, -0.2) is 20.3 Å². The minimum atomic E-state index is 0.107. The number of H-pyrrole nitrogens is 1. The molecule has 0 saturated heterocycles. The van der Waals surface area contributed by atoms with E-state index in [0.717, 1.165) is 22.6 Å². The number of aromatic amines is 1. The zero-order valence-corrected chi connectivity index (χ0v) is 12.8. The van der Waals surface area contributed by atoms with Crippen molar-refractivity contribution >= 4 is 11.9 Å². The summed E-state index contributed by atoms with van der Waals surface area (Å²) < 4.78 is 1.67. The third-order valence-electron chi connectivity index (χ3n) is 3.30. The number of hydrogen-bond donors (Lipinski definition) is 3. The number of aryl methyl sites for hydroxylation is 3. The Bertz CT molecular complexity index is 788. The van der Waals surface area contributed by atoms with Crippen molar-refractivity contribution in [3.8, 4) is 11.6 Å². The summed E-state index contributed by atoms with van der Waals surface area (Å²) in [6.07, 6.45) is 1.52. The molecule has 0 fully saturated rings. The van der Waals surface area contributed by atoms with Crippen LogP contribution in [0.1, 0.15) is 17.0 Å². The molecule has 0 aliphatic carbocycles. The molecule has 0 unspecified atom stereocenters. The zero-order chi connectivity index (χ0) is 15.7. The van der Waals surface area contributed by atoms with Gasteiger partial charge in [-0.1, -0.05) is 17.7 Å². The highest BCUT2D eigenvalue weighted by Gasteiger charge is 2.19. The number of aromatic hydroxyl groups is 1. The van der Waals surface area contributed by atoms with Gasteiger partial charge in [0.15, 0.2) is 0 Å². The summed E-state index contributed by atoms with van der Waals surface area (Å²) in [5.74, 6) is 1.18. The third kappa shape index (κ3) is 2.76. The van der Waals surface area contributed by atoms with Crippen LogP contribution in [0, 0.1) is 20.8 Å². The van der Waals surface area contributed by atoms with E-state index in [0.29, 0.717) is 11.9 Å². The lowest BCUT2D eigenvalue weighted by Gasteiger charge is -2.04. The summed E-state index contributed by atoms with van der Waals surface area (Å²) in [5, 5.41) is 13.2. The SMILES string of the molecule is Cc1ccc(-[n+]2c(O)c[nH]c2Nc2nc(C)cc(C)n2)cc1. The summed E-state index contributed by atoms with van der Waals surface area (Å²) in [7, 11) is 0. The second-order valence-electron chi connectivity index (χ2n) is 5.27. The van der Waals surface area contributed by atoms with Gasteiger partial charge < -0.3 is 5.11 Å². The maximum Gasteiger partial charge on any atom is 0.370 e. The highest BCUT2D eigenvalue weighted by atomic mass is 16.3. The fourth-order valence-corrected chi connectivity index (χ4v) is 2.31. The van der Waals surface area contributed by atoms with Crippen molar-refractivity contribution in [3.63, 3.8) is 0 Å². The first-order valence-corrected chi connectivity index (χ1v) is 7.01. The Balaban J connectivity index is 2.00. The molecule has 0 atom stereocenters. The number of benzene rings is 1. The van der Waals surface area contributed by atoms with Gasteiger partial charge in [-0.2, -0.15) is 4.57 Å². The molecule has 6 nitrogen and oxygen atoms in total. The fourth-order valence-electron chi connectivity index (χ4n) is 2.31. The predicted octanol–water partition coefficient (Wildman–Crippen LogP) is 2.46. The Kier molecular flexibility index (Phi) is 3.50. The van der Waals surface area contributed by atoms with Gasteiger partial charge in [-0.3, -0.25) is 0 Å². The fraction of sp³-hybridized carbons (Fsp3) is 0.188. The second-order valence-corrected chi connectivity index (χ2v) is 5.27. The van der Waals surface area contributed by atoms with Crippen molar-refractivity contribution in [2.24, 2.45) is 0 Å². The van der Waals surface area contributed by atoms with Gasteiger partial charge in [0.05, 0.1) is 0 Å². The van der Waals surface area contributed by atoms with Crippen LogP contribution in [0.2, 0.25) is 0 Å². The maximum absolute atomic E-state index is 10.1. The normalized spacial score (nSPS) is 10.7. The topological polar surface area (TPSA) is 77.7 Å². The van der Waals surface area contributed by atoms with Crippen LogP contribution < -0.4 is 9.88 Å². The molecule has 3 N–H and O–H groups in total. The summed E-state index contributed by atoms with van der Waals surface area (Å²) in [6.45, 7) is 5.86. The second kappa shape index (κ2) is 5.48. The predicted molar refractivity (Wildman–Crippen MR) is 83.5 cm³/mol. The molecule has 2 aromatic heterocycles. The number of hydrogen-bond acceptors (Lipinski definition) is 4. The largest absolute Gasteiger partial charge is 0.481 e. The zero-order valence-electron chi connectivity index (χ0n) is 12.8. The highest BCUT2D eigenvalue weighted by Crippen LogP contribution is 2.15. The average molecular weight is 296 g/mol. The monoisotopic (exact) mass is 296 g/mol. The molecule has 22 heavy (non-hydrogen) atoms. The number of aromatic nitrogens is 4. The van der Waals surface area contributed by atoms with E-state index in [1.54, 1.807) is 4.57 Å². The van der Waals surface area contributed by atoms with E-state index in [1.807, 2.05) is 51.1 Å². The van der Waals surface area contributed by atoms with Gasteiger partial charge in [0, 0.05) is 11.4 Å². The van der Waals surface area contributed by atoms with Crippen LogP contribution in [0.5, 0.6) is 5.88 Å². The van der Waals surface area contributed by atoms with E-state index in [-0.39, 0.29) is 5.88 Å². The summed E-state index contributed by atoms with van der Waals surface area (Å²) in [6, 6.07) is 9.77. The lowest BCUT2D eigenvalue weighted by atomic mass is 10.2. The molecule has 0 amide bonds. The molecule has 6 heteroatoms. The molecule has 1 aromatic carbocycles. The van der Waals surface area contributed by atoms with Crippen molar-refractivity contribution in [2.75, 3.05) is 5.32 Å². The Morgan fingerprint density at radius 3 is 2.32 bits per heavy atom. The van der Waals surface area contributed by atoms with E-state index >= 15 is 0 Å². The van der Waals surface area contributed by atoms with Crippen LogP contribution >= 0.6 is 0 Å². The molecule has 0 aliphatic rings. The van der Waals surface area contributed by atoms with E-state index in [9.17, 15) is 5.11 Å². The van der Waals surface area contributed by atoms with E-state index in [4.69, 9.17) is 0 Å². The summed E-state index contributed by atoms with van der Waals surface area (Å²) in [4.78, 5) is 11.7. The summed E-state index contributed by atoms with van der Waals surface area (Å²) >= 11 is 0. The Labute approximate surface area is 128 Å². The molecule has 0 aliphatic heterocycles. The highest BCUT2D eigenvalue weighted by molar-refractivity contribution is 5.42. The quantitative estimate of drug-likeness (QED) is 0.649. The molecule has 0 bridgehead atoms. The third-order valence-corrected chi connectivity index (χ3v) is 3.30. The van der Waals surface area contributed by atoms with Gasteiger partial charge in [-0.05, 0) is 39.0 Å². The first kappa shape index (κ1) is 14.1. The van der Waals surface area contributed by atoms with E-state index in [2.05, 4.69) is 20.3 Å². The number of nitrogens with one attached hydrogen (secondary N) is 2. The molecule has 3 rings (SSSR count). The molecule has 3 aromatic rings. The van der Waals surface area contributed by atoms with Crippen molar-refractivity contribution in [1.29, 1.82) is 0 Å². The molecule has 112 valence electrons. The van der Waals surface area contributed by atoms with Crippen molar-refractivity contribution in [1.82, 2.24) is 15.0 Å². The first-order chi connectivity index (χ1) is 10.5. The molecular weight excluding hydrogens is 278 g/mol. The Morgan fingerprint density at radius 1 is 1.05 bits per heavy atom. The number of nitrogens with zero attached hydrogens (tertiary/aromatic N) is 3. The van der Waals surface area contributed by atoms with Gasteiger partial charge in [0.25, 0.3) is 11.8 Å². The van der Waals surface area contributed by atoms with Crippen LogP contribution in [0.25, 0.3) is 5.69 Å². The average Bonchev–Trinajstić information content (AvgIpc) is 2.80. The standard InChI is InChI=1S/C16H17N5O/c1-10-4-6-13(7-5-10)21-14(22)9-17-16(21)20-15-18-11(2)8-12(3)19-15/h4-9H,1-3H3,(H2,17,18,19,20,22)/p+1. The number of rotatable bonds is 3. The van der Waals surface area contributed by atoms with Crippen LogP contribution in [0.4, 0.5) is 11.9 Å². The van der Waals surface area contributed by atoms with E-state index < -0.39 is 0 Å². The lowest BCUT2D eigenvalue weighted by Crippen LogP contribution is -2.32. The minimum absolute atomic E-state index is 0.107. The molecular formula is C16H18N5O+. The van der Waals surface area contributed by atoms with Gasteiger partial charge >= 0.3 is 5.95 Å². The van der Waals surface area contributed by atoms with Crippen LogP contribution in [-0.2, 0) is 0 Å².